The number of anilines is 2. The first-order valence-corrected chi connectivity index (χ1v) is 10.4. The highest BCUT2D eigenvalue weighted by Gasteiger charge is 2.21. The molecular formula is C20H24N2O4S. The van der Waals surface area contributed by atoms with Gasteiger partial charge in [-0.15, -0.1) is 0 Å². The molecule has 0 unspecified atom stereocenters. The topological polar surface area (TPSA) is 83.6 Å². The molecule has 0 atom stereocenters. The average Bonchev–Trinajstić information content (AvgIpc) is 2.56. The second-order valence-electron chi connectivity index (χ2n) is 6.51. The van der Waals surface area contributed by atoms with Gasteiger partial charge in [-0.25, -0.2) is 8.42 Å². The van der Waals surface area contributed by atoms with Gasteiger partial charge in [-0.1, -0.05) is 18.2 Å². The molecule has 0 aromatic heterocycles. The van der Waals surface area contributed by atoms with Crippen LogP contribution in [-0.2, 0) is 14.8 Å². The van der Waals surface area contributed by atoms with Crippen molar-refractivity contribution in [3.63, 3.8) is 0 Å². The number of nitrogens with zero attached hydrogens (tertiary/aromatic N) is 1. The number of rotatable bonds is 7. The lowest BCUT2D eigenvalue weighted by atomic mass is 10.1. The van der Waals surface area contributed by atoms with Crippen LogP contribution in [0.25, 0.3) is 0 Å². The SMILES string of the molecule is CC(=O)c1ccc(NC(=O)CCN(c2c(C)cccc2C)S(C)(=O)=O)cc1. The zero-order valence-electron chi connectivity index (χ0n) is 15.9. The third-order valence-electron chi connectivity index (χ3n) is 4.21. The number of amides is 1. The molecule has 0 heterocycles. The van der Waals surface area contributed by atoms with Crippen molar-refractivity contribution in [3.05, 3.63) is 59.2 Å². The minimum absolute atomic E-state index is 0.00923. The van der Waals surface area contributed by atoms with Gasteiger partial charge in [-0.2, -0.15) is 0 Å². The Hall–Kier alpha value is -2.67. The highest BCUT2D eigenvalue weighted by molar-refractivity contribution is 7.92. The number of carbonyl (C=O) groups is 2. The van der Waals surface area contributed by atoms with Crippen LogP contribution in [0.4, 0.5) is 11.4 Å². The minimum Gasteiger partial charge on any atom is -0.326 e. The predicted octanol–water partition coefficient (Wildman–Crippen LogP) is 3.30. The first kappa shape index (κ1) is 20.6. The van der Waals surface area contributed by atoms with E-state index in [-0.39, 0.29) is 24.7 Å². The van der Waals surface area contributed by atoms with E-state index in [9.17, 15) is 18.0 Å². The quantitative estimate of drug-likeness (QED) is 0.738. The summed E-state index contributed by atoms with van der Waals surface area (Å²) in [4.78, 5) is 23.6. The summed E-state index contributed by atoms with van der Waals surface area (Å²) in [6, 6.07) is 12.1. The normalized spacial score (nSPS) is 11.1. The molecule has 0 saturated heterocycles. The van der Waals surface area contributed by atoms with Gasteiger partial charge in [0, 0.05) is 24.2 Å². The summed E-state index contributed by atoms with van der Waals surface area (Å²) in [5, 5.41) is 2.72. The number of benzene rings is 2. The van der Waals surface area contributed by atoms with Crippen molar-refractivity contribution in [2.24, 2.45) is 0 Å². The van der Waals surface area contributed by atoms with Crippen LogP contribution in [0.5, 0.6) is 0 Å². The molecule has 0 aliphatic rings. The van der Waals surface area contributed by atoms with E-state index in [2.05, 4.69) is 5.32 Å². The lowest BCUT2D eigenvalue weighted by molar-refractivity contribution is -0.116. The molecule has 7 heteroatoms. The minimum atomic E-state index is -3.53. The average molecular weight is 388 g/mol. The van der Waals surface area contributed by atoms with Crippen LogP contribution < -0.4 is 9.62 Å². The molecule has 2 rings (SSSR count). The maximum Gasteiger partial charge on any atom is 0.232 e. The van der Waals surface area contributed by atoms with E-state index in [1.54, 1.807) is 24.3 Å². The van der Waals surface area contributed by atoms with Gasteiger partial charge in [-0.3, -0.25) is 13.9 Å². The Morgan fingerprint density at radius 3 is 2.04 bits per heavy atom. The number of aryl methyl sites for hydroxylation is 2. The molecule has 0 radical (unpaired) electrons. The summed E-state index contributed by atoms with van der Waals surface area (Å²) >= 11 is 0. The molecule has 0 bridgehead atoms. The van der Waals surface area contributed by atoms with Gasteiger partial charge in [0.1, 0.15) is 0 Å². The number of hydrogen-bond acceptors (Lipinski definition) is 4. The van der Waals surface area contributed by atoms with Crippen molar-refractivity contribution in [1.29, 1.82) is 0 Å². The van der Waals surface area contributed by atoms with E-state index in [0.717, 1.165) is 17.4 Å². The van der Waals surface area contributed by atoms with Crippen molar-refractivity contribution in [2.45, 2.75) is 27.2 Å². The van der Waals surface area contributed by atoms with Crippen LogP contribution in [0.3, 0.4) is 0 Å². The van der Waals surface area contributed by atoms with E-state index in [1.165, 1.54) is 11.2 Å². The van der Waals surface area contributed by atoms with E-state index < -0.39 is 10.0 Å². The Balaban J connectivity index is 2.11. The molecule has 0 saturated carbocycles. The number of sulfonamides is 1. The number of Topliss-reactive ketones (excluding diaryl/α,β-unsaturated/α-hetero) is 1. The van der Waals surface area contributed by atoms with Gasteiger partial charge >= 0.3 is 0 Å². The monoisotopic (exact) mass is 388 g/mol. The van der Waals surface area contributed by atoms with Gasteiger partial charge in [-0.05, 0) is 56.2 Å². The number of nitrogens with one attached hydrogen (secondary N) is 1. The third kappa shape index (κ3) is 5.40. The maximum absolute atomic E-state index is 12.3. The Morgan fingerprint density at radius 1 is 1.00 bits per heavy atom. The second kappa shape index (κ2) is 8.35. The summed E-state index contributed by atoms with van der Waals surface area (Å²) < 4.78 is 25.8. The highest BCUT2D eigenvalue weighted by Crippen LogP contribution is 2.27. The fourth-order valence-corrected chi connectivity index (χ4v) is 3.90. The molecule has 2 aromatic rings. The number of ketones is 1. The lowest BCUT2D eigenvalue weighted by Crippen LogP contribution is -2.34. The molecule has 0 fully saturated rings. The Kier molecular flexibility index (Phi) is 6.38. The Labute approximate surface area is 160 Å². The predicted molar refractivity (Wildman–Crippen MR) is 108 cm³/mol. The smallest absolute Gasteiger partial charge is 0.232 e. The van der Waals surface area contributed by atoms with Gasteiger partial charge in [0.2, 0.25) is 15.9 Å². The van der Waals surface area contributed by atoms with Crippen molar-refractivity contribution >= 4 is 33.1 Å². The molecule has 0 spiro atoms. The molecule has 0 aliphatic carbocycles. The number of carbonyl (C=O) groups excluding carboxylic acids is 2. The first-order chi connectivity index (χ1) is 12.6. The van der Waals surface area contributed by atoms with E-state index in [0.29, 0.717) is 16.9 Å². The fraction of sp³-hybridized carbons (Fsp3) is 0.300. The largest absolute Gasteiger partial charge is 0.326 e. The summed E-state index contributed by atoms with van der Waals surface area (Å²) in [7, 11) is -3.53. The van der Waals surface area contributed by atoms with E-state index >= 15 is 0 Å². The number of para-hydroxylation sites is 1. The van der Waals surface area contributed by atoms with Gasteiger partial charge in [0.25, 0.3) is 0 Å². The lowest BCUT2D eigenvalue weighted by Gasteiger charge is -2.25. The van der Waals surface area contributed by atoms with E-state index in [4.69, 9.17) is 0 Å². The summed E-state index contributed by atoms with van der Waals surface area (Å²) in [5.74, 6) is -0.351. The molecule has 1 amide bonds. The highest BCUT2D eigenvalue weighted by atomic mass is 32.2. The zero-order chi connectivity index (χ0) is 20.2. The van der Waals surface area contributed by atoms with Crippen molar-refractivity contribution in [3.8, 4) is 0 Å². The van der Waals surface area contributed by atoms with Crippen molar-refractivity contribution in [1.82, 2.24) is 0 Å². The zero-order valence-corrected chi connectivity index (χ0v) is 16.8. The van der Waals surface area contributed by atoms with Gasteiger partial charge in [0.15, 0.2) is 5.78 Å². The fourth-order valence-electron chi connectivity index (χ4n) is 2.86. The molecule has 27 heavy (non-hydrogen) atoms. The van der Waals surface area contributed by atoms with Crippen LogP contribution in [-0.4, -0.2) is 32.9 Å². The second-order valence-corrected chi connectivity index (χ2v) is 8.41. The maximum atomic E-state index is 12.3. The standard InChI is InChI=1S/C20H24N2O4S/c1-14-6-5-7-15(2)20(14)22(27(4,25)26)13-12-19(24)21-18-10-8-17(9-11-18)16(3)23/h5-11H,12-13H2,1-4H3,(H,21,24). The molecule has 0 aliphatic heterocycles. The van der Waals surface area contributed by atoms with Crippen molar-refractivity contribution < 1.29 is 18.0 Å². The molecular weight excluding hydrogens is 364 g/mol. The Bertz CT molecular complexity index is 930. The van der Waals surface area contributed by atoms with Crippen LogP contribution in [0.2, 0.25) is 0 Å². The van der Waals surface area contributed by atoms with Crippen molar-refractivity contribution in [2.75, 3.05) is 22.4 Å². The summed E-state index contributed by atoms with van der Waals surface area (Å²) in [6.45, 7) is 5.21. The van der Waals surface area contributed by atoms with E-state index in [1.807, 2.05) is 32.0 Å². The number of hydrogen-bond donors (Lipinski definition) is 1. The van der Waals surface area contributed by atoms with Crippen LogP contribution >= 0.6 is 0 Å². The molecule has 1 N–H and O–H groups in total. The van der Waals surface area contributed by atoms with Gasteiger partial charge < -0.3 is 5.32 Å². The van der Waals surface area contributed by atoms with Crippen LogP contribution in [0.15, 0.2) is 42.5 Å². The molecule has 6 nitrogen and oxygen atoms in total. The Morgan fingerprint density at radius 2 is 1.56 bits per heavy atom. The molecule has 2 aromatic carbocycles. The third-order valence-corrected chi connectivity index (χ3v) is 5.37. The van der Waals surface area contributed by atoms with Gasteiger partial charge in [0.05, 0.1) is 11.9 Å². The summed E-state index contributed by atoms with van der Waals surface area (Å²) in [6.07, 6.45) is 1.15. The summed E-state index contributed by atoms with van der Waals surface area (Å²) in [5.41, 5.74) is 3.40. The first-order valence-electron chi connectivity index (χ1n) is 8.54. The van der Waals surface area contributed by atoms with Crippen LogP contribution in [0.1, 0.15) is 34.8 Å². The molecule has 144 valence electrons. The van der Waals surface area contributed by atoms with Crippen LogP contribution in [0, 0.1) is 13.8 Å².